The highest BCUT2D eigenvalue weighted by Gasteiger charge is 2.53. The van der Waals surface area contributed by atoms with Crippen molar-refractivity contribution in [2.75, 3.05) is 12.8 Å². The second-order valence-electron chi connectivity index (χ2n) is 7.28. The van der Waals surface area contributed by atoms with E-state index in [2.05, 4.69) is 4.74 Å². The van der Waals surface area contributed by atoms with Gasteiger partial charge in [-0.15, -0.1) is 13.2 Å². The van der Waals surface area contributed by atoms with Gasteiger partial charge in [0.05, 0.1) is 11.2 Å². The van der Waals surface area contributed by atoms with Crippen molar-refractivity contribution in [1.29, 1.82) is 0 Å². The van der Waals surface area contributed by atoms with Crippen LogP contribution in [-0.4, -0.2) is 37.5 Å². The molecule has 1 aliphatic rings. The predicted octanol–water partition coefficient (Wildman–Crippen LogP) is 3.52. The maximum Gasteiger partial charge on any atom is 0.573 e. The molecule has 1 atom stereocenters. The number of benzene rings is 1. The normalized spacial score (nSPS) is 21.9. The van der Waals surface area contributed by atoms with Gasteiger partial charge < -0.3 is 18.6 Å². The highest BCUT2D eigenvalue weighted by molar-refractivity contribution is 7.70. The lowest BCUT2D eigenvalue weighted by molar-refractivity contribution is -0.274. The summed E-state index contributed by atoms with van der Waals surface area (Å²) in [6, 6.07) is 4.16. The van der Waals surface area contributed by atoms with E-state index in [9.17, 15) is 17.7 Å². The van der Waals surface area contributed by atoms with E-state index in [1.165, 1.54) is 18.8 Å². The van der Waals surface area contributed by atoms with Crippen molar-refractivity contribution in [3.8, 4) is 5.75 Å². The number of halogens is 3. The largest absolute Gasteiger partial charge is 0.573 e. The molecule has 0 radical (unpaired) electrons. The molecule has 0 aliphatic carbocycles. The van der Waals surface area contributed by atoms with Gasteiger partial charge in [0, 0.05) is 16.9 Å². The molecule has 0 spiro atoms. The first-order valence-corrected chi connectivity index (χ1v) is 10.3. The van der Waals surface area contributed by atoms with Crippen LogP contribution in [0.25, 0.3) is 0 Å². The van der Waals surface area contributed by atoms with Crippen molar-refractivity contribution in [2.24, 2.45) is 0 Å². The van der Waals surface area contributed by atoms with E-state index in [4.69, 9.17) is 9.31 Å². The lowest BCUT2D eigenvalue weighted by atomic mass is 9.78. The molecule has 1 unspecified atom stereocenters. The standard InChI is InChI=1S/C16H23BF3O4P/c1-7-25(6,21)11-8-9-12(13(10-11)22-16(18,19)20)17-23-14(2,3)15(4,5)24-17/h8-10H,7H2,1-6H3. The van der Waals surface area contributed by atoms with Crippen LogP contribution in [0.15, 0.2) is 18.2 Å². The number of rotatable bonds is 4. The van der Waals surface area contributed by atoms with Gasteiger partial charge in [0.15, 0.2) is 0 Å². The Labute approximate surface area is 146 Å². The van der Waals surface area contributed by atoms with Crippen LogP contribution in [0.3, 0.4) is 0 Å². The molecule has 0 saturated carbocycles. The zero-order valence-corrected chi connectivity index (χ0v) is 16.1. The summed E-state index contributed by atoms with van der Waals surface area (Å²) in [7, 11) is -3.76. The van der Waals surface area contributed by atoms with Gasteiger partial charge >= 0.3 is 13.5 Å². The van der Waals surface area contributed by atoms with Gasteiger partial charge in [-0.3, -0.25) is 0 Å². The number of alkyl halides is 3. The Morgan fingerprint density at radius 1 is 1.16 bits per heavy atom. The van der Waals surface area contributed by atoms with E-state index in [1.807, 2.05) is 27.7 Å². The van der Waals surface area contributed by atoms with Crippen LogP contribution in [0.2, 0.25) is 0 Å². The average molecular weight is 378 g/mol. The smallest absolute Gasteiger partial charge is 0.406 e. The Morgan fingerprint density at radius 2 is 1.68 bits per heavy atom. The van der Waals surface area contributed by atoms with Gasteiger partial charge in [-0.2, -0.15) is 0 Å². The van der Waals surface area contributed by atoms with E-state index in [0.29, 0.717) is 11.5 Å². The molecule has 1 aliphatic heterocycles. The highest BCUT2D eigenvalue weighted by atomic mass is 31.2. The van der Waals surface area contributed by atoms with E-state index in [-0.39, 0.29) is 5.46 Å². The van der Waals surface area contributed by atoms with Crippen molar-refractivity contribution in [3.63, 3.8) is 0 Å². The van der Waals surface area contributed by atoms with Gasteiger partial charge in [0.1, 0.15) is 12.9 Å². The third-order valence-electron chi connectivity index (χ3n) is 4.88. The molecule has 2 rings (SSSR count). The molecule has 1 heterocycles. The maximum atomic E-state index is 12.8. The topological polar surface area (TPSA) is 44.8 Å². The molecule has 1 aromatic rings. The molecular formula is C16H23BF3O4P. The summed E-state index contributed by atoms with van der Waals surface area (Å²) in [5, 5.41) is 0.328. The van der Waals surface area contributed by atoms with Crippen LogP contribution < -0.4 is 15.5 Å². The minimum atomic E-state index is -4.87. The fraction of sp³-hybridized carbons (Fsp3) is 0.625. The third kappa shape index (κ3) is 4.23. The zero-order chi connectivity index (χ0) is 19.3. The van der Waals surface area contributed by atoms with Crippen LogP contribution in [0.5, 0.6) is 5.75 Å². The van der Waals surface area contributed by atoms with Crippen molar-refractivity contribution in [3.05, 3.63) is 18.2 Å². The first-order valence-electron chi connectivity index (χ1n) is 8.01. The molecule has 25 heavy (non-hydrogen) atoms. The molecule has 0 bridgehead atoms. The van der Waals surface area contributed by atoms with Crippen LogP contribution in [-0.2, 0) is 13.9 Å². The zero-order valence-electron chi connectivity index (χ0n) is 15.2. The molecule has 1 aromatic carbocycles. The van der Waals surface area contributed by atoms with Gasteiger partial charge in [0.25, 0.3) is 0 Å². The maximum absolute atomic E-state index is 12.8. The minimum Gasteiger partial charge on any atom is -0.406 e. The molecular weight excluding hydrogens is 355 g/mol. The summed E-state index contributed by atoms with van der Waals surface area (Å²) in [6.07, 6.45) is -4.53. The van der Waals surface area contributed by atoms with E-state index < -0.39 is 37.6 Å². The molecule has 1 fully saturated rings. The lowest BCUT2D eigenvalue weighted by Gasteiger charge is -2.32. The summed E-state index contributed by atoms with van der Waals surface area (Å²) in [5.41, 5.74) is -1.28. The van der Waals surface area contributed by atoms with Crippen molar-refractivity contribution < 1.29 is 31.8 Å². The summed E-state index contributed by atoms with van der Waals surface area (Å²) >= 11 is 0. The van der Waals surface area contributed by atoms with Crippen molar-refractivity contribution >= 4 is 25.0 Å². The van der Waals surface area contributed by atoms with E-state index >= 15 is 0 Å². The van der Waals surface area contributed by atoms with Crippen molar-refractivity contribution in [2.45, 2.75) is 52.2 Å². The van der Waals surface area contributed by atoms with Crippen molar-refractivity contribution in [1.82, 2.24) is 0 Å². The van der Waals surface area contributed by atoms with Gasteiger partial charge in [-0.1, -0.05) is 19.1 Å². The molecule has 0 amide bonds. The number of hydrogen-bond donors (Lipinski definition) is 0. The van der Waals surface area contributed by atoms with Crippen LogP contribution >= 0.6 is 7.14 Å². The second kappa shape index (κ2) is 6.32. The Balaban J connectivity index is 2.49. The predicted molar refractivity (Wildman–Crippen MR) is 92.5 cm³/mol. The van der Waals surface area contributed by atoms with E-state index in [0.717, 1.165) is 0 Å². The molecule has 9 heteroatoms. The van der Waals surface area contributed by atoms with Gasteiger partial charge in [-0.25, -0.2) is 0 Å². The first kappa shape index (κ1) is 20.3. The number of hydrogen-bond acceptors (Lipinski definition) is 4. The molecule has 0 aromatic heterocycles. The Hall–Kier alpha value is -0.975. The van der Waals surface area contributed by atoms with Gasteiger partial charge in [0.2, 0.25) is 0 Å². The SMILES string of the molecule is CCP(C)(=O)c1ccc(B2OC(C)(C)C(C)(C)O2)c(OC(F)(F)F)c1. The van der Waals surface area contributed by atoms with Crippen LogP contribution in [0.1, 0.15) is 34.6 Å². The molecule has 0 N–H and O–H groups in total. The molecule has 4 nitrogen and oxygen atoms in total. The summed E-state index contributed by atoms with van der Waals surface area (Å²) in [4.78, 5) is 0. The Morgan fingerprint density at radius 3 is 2.12 bits per heavy atom. The third-order valence-corrected chi connectivity index (χ3v) is 7.46. The molecule has 140 valence electrons. The highest BCUT2D eigenvalue weighted by Crippen LogP contribution is 2.41. The second-order valence-corrected chi connectivity index (χ2v) is 10.6. The average Bonchev–Trinajstić information content (AvgIpc) is 2.65. The van der Waals surface area contributed by atoms with Crippen LogP contribution in [0, 0.1) is 0 Å². The van der Waals surface area contributed by atoms with Crippen LogP contribution in [0.4, 0.5) is 13.2 Å². The fourth-order valence-electron chi connectivity index (χ4n) is 2.38. The lowest BCUT2D eigenvalue weighted by Crippen LogP contribution is -2.41. The summed E-state index contributed by atoms with van der Waals surface area (Å²) in [6.45, 7) is 10.5. The summed E-state index contributed by atoms with van der Waals surface area (Å²) in [5.74, 6) is -0.445. The Bertz CT molecular complexity index is 687. The number of ether oxygens (including phenoxy) is 1. The monoisotopic (exact) mass is 378 g/mol. The summed E-state index contributed by atoms with van der Waals surface area (Å²) < 4.78 is 66.9. The minimum absolute atomic E-state index is 0.121. The fourth-order valence-corrected chi connectivity index (χ4v) is 3.52. The van der Waals surface area contributed by atoms with Gasteiger partial charge in [-0.05, 0) is 40.4 Å². The Kier molecular flexibility index (Phi) is 5.15. The van der Waals surface area contributed by atoms with E-state index in [1.54, 1.807) is 13.0 Å². The molecule has 1 saturated heterocycles. The quantitative estimate of drug-likeness (QED) is 0.594. The first-order chi connectivity index (χ1) is 11.2.